The molecule has 132 valence electrons. The van der Waals surface area contributed by atoms with Gasteiger partial charge in [0.1, 0.15) is 0 Å². The summed E-state index contributed by atoms with van der Waals surface area (Å²) in [5.74, 6) is -0.362. The Morgan fingerprint density at radius 1 is 1.08 bits per heavy atom. The van der Waals surface area contributed by atoms with Gasteiger partial charge in [0.2, 0.25) is 0 Å². The predicted molar refractivity (Wildman–Crippen MR) is 105 cm³/mol. The molecular formula is C19H18N4O2S. The lowest BCUT2D eigenvalue weighted by Crippen LogP contribution is -2.18. The van der Waals surface area contributed by atoms with Crippen molar-refractivity contribution < 1.29 is 9.53 Å². The molecule has 0 amide bonds. The van der Waals surface area contributed by atoms with Crippen molar-refractivity contribution in [3.63, 3.8) is 0 Å². The molecule has 0 fully saturated rings. The zero-order valence-corrected chi connectivity index (χ0v) is 15.0. The molecular weight excluding hydrogens is 348 g/mol. The van der Waals surface area contributed by atoms with Gasteiger partial charge in [-0.1, -0.05) is 36.4 Å². The second-order valence-electron chi connectivity index (χ2n) is 5.52. The van der Waals surface area contributed by atoms with Gasteiger partial charge in [0.05, 0.1) is 31.1 Å². The van der Waals surface area contributed by atoms with Gasteiger partial charge in [-0.3, -0.25) is 4.68 Å². The summed E-state index contributed by atoms with van der Waals surface area (Å²) in [5, 5.41) is 11.0. The Morgan fingerprint density at radius 3 is 2.54 bits per heavy atom. The average molecular weight is 366 g/mol. The molecule has 6 nitrogen and oxygen atoms in total. The highest BCUT2D eigenvalue weighted by Gasteiger charge is 2.12. The van der Waals surface area contributed by atoms with Crippen LogP contribution in [0.1, 0.15) is 15.9 Å². The zero-order chi connectivity index (χ0) is 18.4. The van der Waals surface area contributed by atoms with Gasteiger partial charge >= 0.3 is 5.97 Å². The Bertz CT molecular complexity index is 909. The SMILES string of the molecule is COC(=O)c1ccccc1Cn1cc(NC(=S)Nc2ccccc2)cn1. The molecule has 1 aromatic heterocycles. The molecule has 0 aliphatic heterocycles. The number of rotatable bonds is 5. The summed E-state index contributed by atoms with van der Waals surface area (Å²) in [6.45, 7) is 0.450. The molecule has 0 spiro atoms. The Kier molecular flexibility index (Phi) is 5.60. The van der Waals surface area contributed by atoms with Crippen LogP contribution < -0.4 is 10.6 Å². The van der Waals surface area contributed by atoms with E-state index in [1.54, 1.807) is 23.0 Å². The summed E-state index contributed by atoms with van der Waals surface area (Å²) < 4.78 is 6.55. The molecule has 0 aliphatic carbocycles. The fourth-order valence-electron chi connectivity index (χ4n) is 2.47. The summed E-state index contributed by atoms with van der Waals surface area (Å²) in [4.78, 5) is 11.9. The molecule has 7 heteroatoms. The van der Waals surface area contributed by atoms with Crippen LogP contribution in [-0.2, 0) is 11.3 Å². The summed E-state index contributed by atoms with van der Waals surface area (Å²) in [6.07, 6.45) is 3.51. The molecule has 2 aromatic carbocycles. The number of thiocarbonyl (C=S) groups is 1. The molecule has 1 heterocycles. The molecule has 0 radical (unpaired) electrons. The topological polar surface area (TPSA) is 68.2 Å². The number of ether oxygens (including phenoxy) is 1. The number of aromatic nitrogens is 2. The summed E-state index contributed by atoms with van der Waals surface area (Å²) in [5.41, 5.74) is 3.03. The van der Waals surface area contributed by atoms with Crippen LogP contribution in [0.2, 0.25) is 0 Å². The van der Waals surface area contributed by atoms with Crippen molar-refractivity contribution in [2.24, 2.45) is 0 Å². The number of para-hydroxylation sites is 1. The lowest BCUT2D eigenvalue weighted by atomic mass is 10.1. The summed E-state index contributed by atoms with van der Waals surface area (Å²) in [7, 11) is 1.37. The number of nitrogens with zero attached hydrogens (tertiary/aromatic N) is 2. The molecule has 0 aliphatic rings. The largest absolute Gasteiger partial charge is 0.465 e. The fraction of sp³-hybridized carbons (Fsp3) is 0.105. The van der Waals surface area contributed by atoms with E-state index < -0.39 is 0 Å². The van der Waals surface area contributed by atoms with Crippen molar-refractivity contribution in [2.45, 2.75) is 6.54 Å². The van der Waals surface area contributed by atoms with Crippen molar-refractivity contribution in [1.29, 1.82) is 0 Å². The maximum absolute atomic E-state index is 11.9. The van der Waals surface area contributed by atoms with Gasteiger partial charge in [0.15, 0.2) is 5.11 Å². The summed E-state index contributed by atoms with van der Waals surface area (Å²) >= 11 is 5.31. The number of hydrogen-bond donors (Lipinski definition) is 2. The molecule has 3 aromatic rings. The minimum Gasteiger partial charge on any atom is -0.465 e. The van der Waals surface area contributed by atoms with E-state index in [9.17, 15) is 4.79 Å². The number of nitrogens with one attached hydrogen (secondary N) is 2. The molecule has 0 atom stereocenters. The van der Waals surface area contributed by atoms with Crippen LogP contribution in [0.5, 0.6) is 0 Å². The van der Waals surface area contributed by atoms with Crippen LogP contribution >= 0.6 is 12.2 Å². The third-order valence-electron chi connectivity index (χ3n) is 3.68. The maximum Gasteiger partial charge on any atom is 0.338 e. The third kappa shape index (κ3) is 4.46. The Balaban J connectivity index is 1.65. The lowest BCUT2D eigenvalue weighted by molar-refractivity contribution is 0.0599. The standard InChI is InChI=1S/C19H18N4O2S/c1-25-18(24)17-10-6-5-7-14(17)12-23-13-16(11-20-23)22-19(26)21-15-8-3-2-4-9-15/h2-11,13H,12H2,1H3,(H2,21,22,26). The first-order valence-corrected chi connectivity index (χ1v) is 8.38. The Morgan fingerprint density at radius 2 is 1.77 bits per heavy atom. The highest BCUT2D eigenvalue weighted by Crippen LogP contribution is 2.14. The predicted octanol–water partition coefficient (Wildman–Crippen LogP) is 3.53. The molecule has 3 rings (SSSR count). The van der Waals surface area contributed by atoms with Gasteiger partial charge in [0.25, 0.3) is 0 Å². The lowest BCUT2D eigenvalue weighted by Gasteiger charge is -2.09. The van der Waals surface area contributed by atoms with E-state index in [0.717, 1.165) is 16.9 Å². The van der Waals surface area contributed by atoms with E-state index in [1.165, 1.54) is 7.11 Å². The smallest absolute Gasteiger partial charge is 0.338 e. The molecule has 26 heavy (non-hydrogen) atoms. The van der Waals surface area contributed by atoms with Crippen molar-refractivity contribution in [1.82, 2.24) is 9.78 Å². The zero-order valence-electron chi connectivity index (χ0n) is 14.2. The monoisotopic (exact) mass is 366 g/mol. The van der Waals surface area contributed by atoms with Crippen molar-refractivity contribution in [3.05, 3.63) is 78.1 Å². The van der Waals surface area contributed by atoms with Crippen molar-refractivity contribution >= 4 is 34.7 Å². The molecule has 0 saturated heterocycles. The number of carbonyl (C=O) groups excluding carboxylic acids is 1. The normalized spacial score (nSPS) is 10.2. The molecule has 0 saturated carbocycles. The van der Waals surface area contributed by atoms with Crippen LogP contribution in [0.15, 0.2) is 67.0 Å². The number of esters is 1. The van der Waals surface area contributed by atoms with E-state index in [-0.39, 0.29) is 5.97 Å². The van der Waals surface area contributed by atoms with Gasteiger partial charge in [-0.15, -0.1) is 0 Å². The van der Waals surface area contributed by atoms with Gasteiger partial charge in [0, 0.05) is 11.9 Å². The van der Waals surface area contributed by atoms with Crippen molar-refractivity contribution in [2.75, 3.05) is 17.7 Å². The third-order valence-corrected chi connectivity index (χ3v) is 3.88. The first kappa shape index (κ1) is 17.6. The van der Waals surface area contributed by atoms with Crippen LogP contribution in [-0.4, -0.2) is 28.0 Å². The number of hydrogen-bond acceptors (Lipinski definition) is 4. The van der Waals surface area contributed by atoms with E-state index >= 15 is 0 Å². The number of anilines is 2. The van der Waals surface area contributed by atoms with Crippen LogP contribution in [0, 0.1) is 0 Å². The quantitative estimate of drug-likeness (QED) is 0.532. The molecule has 0 bridgehead atoms. The van der Waals surface area contributed by atoms with E-state index in [1.807, 2.05) is 48.7 Å². The number of methoxy groups -OCH3 is 1. The van der Waals surface area contributed by atoms with E-state index in [0.29, 0.717) is 17.2 Å². The minimum atomic E-state index is -0.362. The first-order valence-electron chi connectivity index (χ1n) is 7.97. The highest BCUT2D eigenvalue weighted by atomic mass is 32.1. The van der Waals surface area contributed by atoms with Crippen molar-refractivity contribution in [3.8, 4) is 0 Å². The molecule has 2 N–H and O–H groups in total. The van der Waals surface area contributed by atoms with Crippen LogP contribution in [0.3, 0.4) is 0 Å². The number of benzene rings is 2. The number of carbonyl (C=O) groups is 1. The maximum atomic E-state index is 11.9. The summed E-state index contributed by atoms with van der Waals surface area (Å²) in [6, 6.07) is 17.0. The van der Waals surface area contributed by atoms with Gasteiger partial charge < -0.3 is 15.4 Å². The van der Waals surface area contributed by atoms with E-state index in [2.05, 4.69) is 15.7 Å². The van der Waals surface area contributed by atoms with Crippen LogP contribution in [0.4, 0.5) is 11.4 Å². The molecule has 0 unspecified atom stereocenters. The van der Waals surface area contributed by atoms with Gasteiger partial charge in [-0.25, -0.2) is 4.79 Å². The average Bonchev–Trinajstić information content (AvgIpc) is 3.09. The highest BCUT2D eigenvalue weighted by molar-refractivity contribution is 7.80. The second kappa shape index (κ2) is 8.26. The fourth-order valence-corrected chi connectivity index (χ4v) is 2.71. The Hall–Kier alpha value is -3.19. The first-order chi connectivity index (χ1) is 12.7. The van der Waals surface area contributed by atoms with E-state index in [4.69, 9.17) is 17.0 Å². The van der Waals surface area contributed by atoms with Crippen LogP contribution in [0.25, 0.3) is 0 Å². The van der Waals surface area contributed by atoms with Gasteiger partial charge in [-0.05, 0) is 36.0 Å². The second-order valence-corrected chi connectivity index (χ2v) is 5.93. The van der Waals surface area contributed by atoms with Gasteiger partial charge in [-0.2, -0.15) is 5.10 Å². The Labute approximate surface area is 156 Å². The minimum absolute atomic E-state index is 0.362.